The first-order valence-corrected chi connectivity index (χ1v) is 12.0. The summed E-state index contributed by atoms with van der Waals surface area (Å²) in [6.07, 6.45) is 7.67. The first-order chi connectivity index (χ1) is 14.1. The molecule has 2 saturated heterocycles. The number of hydrogen-bond acceptors (Lipinski definition) is 3. The number of rotatable bonds is 2. The van der Waals surface area contributed by atoms with Crippen LogP contribution in [0.1, 0.15) is 65.7 Å². The molecule has 0 aromatic heterocycles. The fourth-order valence-corrected chi connectivity index (χ4v) is 7.62. The van der Waals surface area contributed by atoms with Gasteiger partial charge in [-0.3, -0.25) is 14.4 Å². The van der Waals surface area contributed by atoms with E-state index in [1.807, 2.05) is 30.6 Å². The monoisotopic (exact) mass is 415 g/mol. The van der Waals surface area contributed by atoms with Crippen molar-refractivity contribution in [3.63, 3.8) is 0 Å². The van der Waals surface area contributed by atoms with E-state index in [2.05, 4.69) is 4.90 Å². The molecular weight excluding hydrogens is 378 g/mol. The number of carbonyl (C=O) groups excluding carboxylic acids is 3. The minimum atomic E-state index is -0.241. The maximum Gasteiger partial charge on any atom is 0.228 e. The Morgan fingerprint density at radius 1 is 0.867 bits per heavy atom. The van der Waals surface area contributed by atoms with Crippen LogP contribution in [0.4, 0.5) is 0 Å². The predicted molar refractivity (Wildman–Crippen MR) is 113 cm³/mol. The number of amides is 3. The van der Waals surface area contributed by atoms with Crippen molar-refractivity contribution in [2.75, 3.05) is 32.7 Å². The van der Waals surface area contributed by atoms with E-state index < -0.39 is 0 Å². The van der Waals surface area contributed by atoms with Gasteiger partial charge in [-0.2, -0.15) is 0 Å². The molecule has 4 bridgehead atoms. The van der Waals surface area contributed by atoms with Crippen molar-refractivity contribution in [1.29, 1.82) is 0 Å². The largest absolute Gasteiger partial charge is 0.339 e. The number of hydrogen-bond donors (Lipinski definition) is 0. The lowest BCUT2D eigenvalue weighted by Crippen LogP contribution is -2.59. The summed E-state index contributed by atoms with van der Waals surface area (Å²) in [4.78, 5) is 44.8. The van der Waals surface area contributed by atoms with E-state index in [-0.39, 0.29) is 28.7 Å². The van der Waals surface area contributed by atoms with Gasteiger partial charge in [0.2, 0.25) is 17.7 Å². The summed E-state index contributed by atoms with van der Waals surface area (Å²) in [5.74, 6) is 2.63. The van der Waals surface area contributed by atoms with Crippen molar-refractivity contribution in [1.82, 2.24) is 14.7 Å². The fourth-order valence-electron chi connectivity index (χ4n) is 7.62. The summed E-state index contributed by atoms with van der Waals surface area (Å²) in [6, 6.07) is 0. The second kappa shape index (κ2) is 6.96. The highest BCUT2D eigenvalue weighted by molar-refractivity contribution is 5.90. The van der Waals surface area contributed by atoms with Gasteiger partial charge < -0.3 is 14.7 Å². The third-order valence-electron chi connectivity index (χ3n) is 8.65. The van der Waals surface area contributed by atoms with Crippen molar-refractivity contribution in [2.24, 2.45) is 29.1 Å². The van der Waals surface area contributed by atoms with Crippen LogP contribution in [0.3, 0.4) is 0 Å². The highest BCUT2D eigenvalue weighted by Gasteiger charge is 2.55. The molecule has 0 N–H and O–H groups in total. The number of piperazine rings is 1. The van der Waals surface area contributed by atoms with Gasteiger partial charge >= 0.3 is 0 Å². The molecule has 3 amide bonds. The van der Waals surface area contributed by atoms with Gasteiger partial charge in [0.25, 0.3) is 0 Å². The number of nitrogens with zero attached hydrogens (tertiary/aromatic N) is 3. The molecule has 166 valence electrons. The molecule has 2 heterocycles. The van der Waals surface area contributed by atoms with Crippen LogP contribution in [0.15, 0.2) is 0 Å². The van der Waals surface area contributed by atoms with E-state index in [1.165, 1.54) is 19.3 Å². The van der Waals surface area contributed by atoms with Gasteiger partial charge in [0, 0.05) is 44.7 Å². The zero-order chi connectivity index (χ0) is 21.3. The van der Waals surface area contributed by atoms with Crippen LogP contribution >= 0.6 is 0 Å². The normalized spacial score (nSPS) is 38.5. The van der Waals surface area contributed by atoms with Crippen LogP contribution < -0.4 is 0 Å². The van der Waals surface area contributed by atoms with Crippen molar-refractivity contribution >= 4 is 17.7 Å². The van der Waals surface area contributed by atoms with Gasteiger partial charge in [-0.25, -0.2) is 0 Å². The zero-order valence-corrected chi connectivity index (χ0v) is 18.9. The lowest BCUT2D eigenvalue weighted by atomic mass is 9.49. The third-order valence-corrected chi connectivity index (χ3v) is 8.65. The van der Waals surface area contributed by atoms with Crippen LogP contribution in [-0.4, -0.2) is 70.7 Å². The minimum absolute atomic E-state index is 0.0801. The van der Waals surface area contributed by atoms with Gasteiger partial charge in [0.1, 0.15) is 0 Å². The summed E-state index contributed by atoms with van der Waals surface area (Å²) in [5, 5.41) is 0. The van der Waals surface area contributed by atoms with Crippen molar-refractivity contribution in [2.45, 2.75) is 71.3 Å². The molecule has 1 atom stereocenters. The van der Waals surface area contributed by atoms with Gasteiger partial charge in [-0.15, -0.1) is 0 Å². The van der Waals surface area contributed by atoms with Gasteiger partial charge in [0.05, 0.1) is 11.3 Å². The number of likely N-dealkylation sites (tertiary alicyclic amines) is 1. The summed E-state index contributed by atoms with van der Waals surface area (Å²) in [7, 11) is 0. The molecular formula is C24H37N3O3. The molecule has 6 aliphatic rings. The van der Waals surface area contributed by atoms with E-state index >= 15 is 0 Å². The van der Waals surface area contributed by atoms with E-state index in [9.17, 15) is 14.4 Å². The quantitative estimate of drug-likeness (QED) is 0.696. The Bertz CT molecular complexity index is 712. The molecule has 6 fully saturated rings. The standard InChI is InChI=1S/C24H37N3O3/c1-23(2,3)27-15-19(11-20(27)28)21(29)25-4-6-26(7-5-25)22(30)24-12-16-8-17(13-24)10-18(9-16)14-24/h16-19H,4-15H2,1-3H3. The molecule has 6 nitrogen and oxygen atoms in total. The molecule has 0 aromatic carbocycles. The van der Waals surface area contributed by atoms with Crippen molar-refractivity contribution in [3.8, 4) is 0 Å². The SMILES string of the molecule is CC(C)(C)N1CC(C(=O)N2CCN(C(=O)C34CC5CC(CC(C5)C3)C4)CC2)CC1=O. The lowest BCUT2D eigenvalue weighted by molar-refractivity contribution is -0.161. The predicted octanol–water partition coefficient (Wildman–Crippen LogP) is 2.52. The van der Waals surface area contributed by atoms with Gasteiger partial charge in [0.15, 0.2) is 0 Å². The Kier molecular flexibility index (Phi) is 4.71. The van der Waals surface area contributed by atoms with Crippen LogP contribution in [0.5, 0.6) is 0 Å². The molecule has 0 radical (unpaired) electrons. The minimum Gasteiger partial charge on any atom is -0.339 e. The maximum atomic E-state index is 13.6. The Morgan fingerprint density at radius 3 is 1.83 bits per heavy atom. The van der Waals surface area contributed by atoms with E-state index in [0.29, 0.717) is 45.1 Å². The molecule has 6 rings (SSSR count). The fraction of sp³-hybridized carbons (Fsp3) is 0.875. The van der Waals surface area contributed by atoms with Crippen LogP contribution in [0.25, 0.3) is 0 Å². The average Bonchev–Trinajstić information content (AvgIpc) is 3.08. The Morgan fingerprint density at radius 2 is 1.37 bits per heavy atom. The van der Waals surface area contributed by atoms with Crippen LogP contribution in [0, 0.1) is 29.1 Å². The molecule has 6 heteroatoms. The molecule has 4 aliphatic carbocycles. The van der Waals surface area contributed by atoms with E-state index in [4.69, 9.17) is 0 Å². The van der Waals surface area contributed by atoms with Crippen molar-refractivity contribution < 1.29 is 14.4 Å². The number of carbonyl (C=O) groups is 3. The highest BCUT2D eigenvalue weighted by Crippen LogP contribution is 2.60. The highest BCUT2D eigenvalue weighted by atomic mass is 16.2. The molecule has 4 saturated carbocycles. The first kappa shape index (κ1) is 20.3. The first-order valence-electron chi connectivity index (χ1n) is 12.0. The van der Waals surface area contributed by atoms with E-state index in [1.54, 1.807) is 0 Å². The molecule has 0 aromatic rings. The summed E-state index contributed by atoms with van der Waals surface area (Å²) >= 11 is 0. The Hall–Kier alpha value is -1.59. The Labute approximate surface area is 180 Å². The van der Waals surface area contributed by atoms with E-state index in [0.717, 1.165) is 37.0 Å². The summed E-state index contributed by atoms with van der Waals surface area (Å²) in [6.45, 7) is 9.10. The van der Waals surface area contributed by atoms with Crippen molar-refractivity contribution in [3.05, 3.63) is 0 Å². The second-order valence-corrected chi connectivity index (χ2v) is 11.9. The van der Waals surface area contributed by atoms with Gasteiger partial charge in [-0.05, 0) is 77.0 Å². The van der Waals surface area contributed by atoms with Crippen LogP contribution in [0.2, 0.25) is 0 Å². The maximum absolute atomic E-state index is 13.6. The molecule has 1 unspecified atom stereocenters. The second-order valence-electron chi connectivity index (χ2n) is 11.9. The summed E-state index contributed by atoms with van der Waals surface area (Å²) in [5.41, 5.74) is -0.332. The zero-order valence-electron chi connectivity index (χ0n) is 18.9. The van der Waals surface area contributed by atoms with Gasteiger partial charge in [-0.1, -0.05) is 0 Å². The third kappa shape index (κ3) is 3.34. The molecule has 0 spiro atoms. The smallest absolute Gasteiger partial charge is 0.228 e. The topological polar surface area (TPSA) is 60.9 Å². The molecule has 30 heavy (non-hydrogen) atoms. The average molecular weight is 416 g/mol. The summed E-state index contributed by atoms with van der Waals surface area (Å²) < 4.78 is 0. The lowest BCUT2D eigenvalue weighted by Gasteiger charge is -2.57. The Balaban J connectivity index is 1.18. The van der Waals surface area contributed by atoms with Crippen LogP contribution in [-0.2, 0) is 14.4 Å². The molecule has 2 aliphatic heterocycles.